The molecule has 0 aliphatic heterocycles. The van der Waals surface area contributed by atoms with Crippen LogP contribution in [0.2, 0.25) is 0 Å². The minimum absolute atomic E-state index is 0. The molecule has 0 unspecified atom stereocenters. The van der Waals surface area contributed by atoms with Crippen molar-refractivity contribution in [2.24, 2.45) is 0 Å². The van der Waals surface area contributed by atoms with Gasteiger partial charge in [0.05, 0.1) is 0 Å². The van der Waals surface area contributed by atoms with Crippen LogP contribution in [0.25, 0.3) is 0 Å². The summed E-state index contributed by atoms with van der Waals surface area (Å²) >= 11 is 0. The predicted molar refractivity (Wildman–Crippen MR) is 153 cm³/mol. The van der Waals surface area contributed by atoms with Gasteiger partial charge in [-0.05, 0) is 48.4 Å². The van der Waals surface area contributed by atoms with E-state index in [9.17, 15) is 0 Å². The van der Waals surface area contributed by atoms with E-state index in [0.717, 1.165) is 0 Å². The zero-order chi connectivity index (χ0) is 28.0. The molecule has 0 fully saturated rings. The van der Waals surface area contributed by atoms with Gasteiger partial charge >= 0.3 is 20.4 Å². The van der Waals surface area contributed by atoms with E-state index >= 15 is 0 Å². The number of allylic oxidation sites excluding steroid dienone is 1. The normalized spacial score (nSPS) is 12.1. The molecule has 4 aromatic rings. The fourth-order valence-electron chi connectivity index (χ4n) is 4.02. The van der Waals surface area contributed by atoms with E-state index in [4.69, 9.17) is 18.6 Å². The Morgan fingerprint density at radius 3 is 0.872 bits per heavy atom. The van der Waals surface area contributed by atoms with Crippen LogP contribution in [0.3, 0.4) is 0 Å². The van der Waals surface area contributed by atoms with Gasteiger partial charge in [-0.25, -0.2) is 38.2 Å². The second-order valence-electron chi connectivity index (χ2n) is 8.23. The molecule has 4 rings (SSSR count). The molecule has 2 atom stereocenters. The first kappa shape index (κ1) is 35.2. The van der Waals surface area contributed by atoms with E-state index < -0.39 is 26.1 Å². The molecule has 0 aliphatic carbocycles. The molecule has 0 saturated heterocycles. The summed E-state index contributed by atoms with van der Waals surface area (Å²) in [5, 5.41) is 5.87. The van der Waals surface area contributed by atoms with Crippen LogP contribution in [0.4, 0.5) is 0 Å². The maximum Gasteiger partial charge on any atom is 2.00 e. The Kier molecular flexibility index (Phi) is 16.7. The maximum atomic E-state index is 8.49. The van der Waals surface area contributed by atoms with Crippen LogP contribution in [0.1, 0.15) is 13.8 Å². The van der Waals surface area contributed by atoms with Crippen molar-refractivity contribution in [3.05, 3.63) is 141 Å². The van der Waals surface area contributed by atoms with Crippen molar-refractivity contribution < 1.29 is 49.3 Å². The predicted octanol–water partition coefficient (Wildman–Crippen LogP) is 2.28. The van der Waals surface area contributed by atoms with Gasteiger partial charge in [-0.2, -0.15) is 0 Å². The van der Waals surface area contributed by atoms with Gasteiger partial charge in [-0.15, -0.1) is 10.2 Å². The summed E-state index contributed by atoms with van der Waals surface area (Å²) in [4.78, 5) is 0. The second kappa shape index (κ2) is 18.5. The Morgan fingerprint density at radius 1 is 0.564 bits per heavy atom. The van der Waals surface area contributed by atoms with E-state index in [2.05, 4.69) is 149 Å². The topological polar surface area (TPSA) is 92.2 Å². The molecule has 0 aliphatic rings. The van der Waals surface area contributed by atoms with E-state index in [1.54, 1.807) is 0 Å². The van der Waals surface area contributed by atoms with Gasteiger partial charge in [0.2, 0.25) is 0 Å². The molecule has 208 valence electrons. The summed E-state index contributed by atoms with van der Waals surface area (Å²) in [6.07, 6.45) is 1.50. The molecule has 0 spiro atoms. The van der Waals surface area contributed by atoms with Gasteiger partial charge in [0, 0.05) is 0 Å². The molecule has 4 aromatic carbocycles. The second-order valence-corrected chi connectivity index (χ2v) is 14.2. The summed E-state index contributed by atoms with van der Waals surface area (Å²) in [5.74, 6) is 0. The molecule has 0 heterocycles. The molecule has 0 radical (unpaired) electrons. The van der Waals surface area contributed by atoms with Gasteiger partial charge in [-0.1, -0.05) is 135 Å². The van der Waals surface area contributed by atoms with Crippen LogP contribution >= 0.6 is 15.8 Å². The minimum atomic E-state index is -4.94. The molecule has 0 N–H and O–H groups in total. The molecule has 0 saturated carbocycles. The van der Waals surface area contributed by atoms with E-state index in [-0.39, 0.29) is 20.4 Å². The van der Waals surface area contributed by atoms with Gasteiger partial charge in [0.1, 0.15) is 0 Å². The molecular weight excluding hydrogens is 640 g/mol. The Bertz CT molecular complexity index is 1010. The fourth-order valence-corrected chi connectivity index (χ4v) is 10.1. The standard InChI is InChI=1S/C28H28P2.C3H5.ClHO4.Pd/c1-23(29(25-15-7-3-8-16-25)26-17-9-4-10-18-26)24(2)30(27-19-11-5-12-20-27)28-21-13-6-14-22-28;1-3-2;2-1(3,4)5;/h3-24H,1-2H3;3H,1-2H2;(H,2,3,4,5);/q;-1;;+2/p-1/t23-,24-;;;/m0.../s1. The van der Waals surface area contributed by atoms with E-state index in [0.29, 0.717) is 11.3 Å². The monoisotopic (exact) mass is 672 g/mol. The third-order valence-corrected chi connectivity index (χ3v) is 11.8. The van der Waals surface area contributed by atoms with Crippen molar-refractivity contribution in [3.8, 4) is 0 Å². The van der Waals surface area contributed by atoms with Gasteiger partial charge in [0.15, 0.2) is 0 Å². The largest absolute Gasteiger partial charge is 2.00 e. The van der Waals surface area contributed by atoms with Crippen molar-refractivity contribution in [2.75, 3.05) is 0 Å². The first-order chi connectivity index (χ1) is 18.2. The van der Waals surface area contributed by atoms with Gasteiger partial charge in [0.25, 0.3) is 0 Å². The van der Waals surface area contributed by atoms with Gasteiger partial charge in [-0.3, -0.25) is 0 Å². The Hall–Kier alpha value is -1.86. The molecule has 0 bridgehead atoms. The molecular formula is C31H33ClO4P2Pd. The number of hydrogen-bond donors (Lipinski definition) is 0. The van der Waals surface area contributed by atoms with Crippen molar-refractivity contribution in [3.63, 3.8) is 0 Å². The van der Waals surface area contributed by atoms with Crippen LogP contribution in [0, 0.1) is 17.2 Å². The van der Waals surface area contributed by atoms with Crippen LogP contribution in [-0.2, 0) is 20.4 Å². The first-order valence-electron chi connectivity index (χ1n) is 12.0. The first-order valence-corrected chi connectivity index (χ1v) is 16.0. The third-order valence-electron chi connectivity index (χ3n) is 5.65. The summed E-state index contributed by atoms with van der Waals surface area (Å²) < 4.78 is 34.0. The smallest absolute Gasteiger partial charge is 0.245 e. The Morgan fingerprint density at radius 2 is 0.718 bits per heavy atom. The molecule has 8 heteroatoms. The third kappa shape index (κ3) is 12.5. The molecule has 0 aromatic heterocycles. The zero-order valence-electron chi connectivity index (χ0n) is 21.9. The molecule has 39 heavy (non-hydrogen) atoms. The number of benzene rings is 4. The molecule has 4 nitrogen and oxygen atoms in total. The average molecular weight is 673 g/mol. The van der Waals surface area contributed by atoms with Crippen LogP contribution in [0.15, 0.2) is 134 Å². The SMILES string of the molecule is C=C[CH2-].C[C@@H]([C@H](C)P(c1ccccc1)c1ccccc1)P(c1ccccc1)c1ccccc1.[O-][Cl+3]([O-])([O-])[O-].[Pd+2]. The average Bonchev–Trinajstić information content (AvgIpc) is 2.91. The van der Waals surface area contributed by atoms with Gasteiger partial charge < -0.3 is 0 Å². The number of rotatable bonds is 7. The zero-order valence-corrected chi connectivity index (χ0v) is 26.0. The summed E-state index contributed by atoms with van der Waals surface area (Å²) in [6.45, 7) is 11.4. The Labute approximate surface area is 251 Å². The van der Waals surface area contributed by atoms with E-state index in [1.807, 2.05) is 0 Å². The van der Waals surface area contributed by atoms with Crippen molar-refractivity contribution >= 4 is 37.1 Å². The summed E-state index contributed by atoms with van der Waals surface area (Å²) in [7, 11) is -5.84. The fraction of sp³-hybridized carbons (Fsp3) is 0.129. The van der Waals surface area contributed by atoms with Crippen LogP contribution < -0.4 is 39.9 Å². The van der Waals surface area contributed by atoms with Crippen LogP contribution in [-0.4, -0.2) is 11.3 Å². The maximum absolute atomic E-state index is 8.49. The minimum Gasteiger partial charge on any atom is -0.245 e. The number of hydrogen-bond acceptors (Lipinski definition) is 4. The summed E-state index contributed by atoms with van der Waals surface area (Å²) in [6, 6.07) is 44.5. The quantitative estimate of drug-likeness (QED) is 0.171. The van der Waals surface area contributed by atoms with Crippen molar-refractivity contribution in [1.29, 1.82) is 0 Å². The van der Waals surface area contributed by atoms with Crippen molar-refractivity contribution in [2.45, 2.75) is 25.2 Å². The van der Waals surface area contributed by atoms with E-state index in [1.165, 1.54) is 27.3 Å². The van der Waals surface area contributed by atoms with Crippen LogP contribution in [0.5, 0.6) is 0 Å². The summed E-state index contributed by atoms with van der Waals surface area (Å²) in [5.41, 5.74) is 1.10. The molecule has 0 amide bonds. The van der Waals surface area contributed by atoms with Crippen molar-refractivity contribution in [1.82, 2.24) is 0 Å². The Balaban J connectivity index is 0.000000749. The number of halogens is 1.